The molecule has 0 spiro atoms. The minimum atomic E-state index is -0.00776. The van der Waals surface area contributed by atoms with Crippen molar-refractivity contribution in [2.75, 3.05) is 0 Å². The van der Waals surface area contributed by atoms with Crippen molar-refractivity contribution in [1.29, 1.82) is 0 Å². The molecule has 0 atom stereocenters. The fourth-order valence-electron chi connectivity index (χ4n) is 1.74. The number of halogens is 1. The first-order chi connectivity index (χ1) is 8.11. The summed E-state index contributed by atoms with van der Waals surface area (Å²) in [6.45, 7) is 1.99. The topological polar surface area (TPSA) is 34.9 Å². The van der Waals surface area contributed by atoms with Crippen molar-refractivity contribution in [3.05, 3.63) is 52.3 Å². The van der Waals surface area contributed by atoms with Crippen molar-refractivity contribution >= 4 is 17.4 Å². The quantitative estimate of drug-likeness (QED) is 0.783. The molecule has 0 saturated heterocycles. The Balaban J connectivity index is 2.39. The van der Waals surface area contributed by atoms with Crippen LogP contribution in [-0.2, 0) is 13.5 Å². The Labute approximate surface area is 105 Å². The highest BCUT2D eigenvalue weighted by atomic mass is 35.5. The van der Waals surface area contributed by atoms with Crippen LogP contribution < -0.4 is 0 Å². The Morgan fingerprint density at radius 2 is 2.00 bits per heavy atom. The van der Waals surface area contributed by atoms with Gasteiger partial charge in [-0.25, -0.2) is 0 Å². The van der Waals surface area contributed by atoms with Crippen LogP contribution in [0, 0.1) is 0 Å². The van der Waals surface area contributed by atoms with E-state index >= 15 is 0 Å². The van der Waals surface area contributed by atoms with Crippen LogP contribution in [-0.4, -0.2) is 15.6 Å². The number of ketones is 1. The molecular weight excluding hydrogens is 236 g/mol. The summed E-state index contributed by atoms with van der Waals surface area (Å²) in [5, 5.41) is 4.89. The molecule has 0 amide bonds. The average molecular weight is 249 g/mol. The van der Waals surface area contributed by atoms with Gasteiger partial charge in [-0.2, -0.15) is 5.10 Å². The molecule has 0 bridgehead atoms. The normalized spacial score (nSPS) is 10.5. The molecule has 2 aromatic rings. The summed E-state index contributed by atoms with van der Waals surface area (Å²) in [7, 11) is 1.82. The second kappa shape index (κ2) is 4.72. The van der Waals surface area contributed by atoms with Crippen molar-refractivity contribution in [2.45, 2.75) is 13.3 Å². The van der Waals surface area contributed by atoms with E-state index in [0.717, 1.165) is 12.1 Å². The van der Waals surface area contributed by atoms with Crippen LogP contribution in [0.25, 0.3) is 0 Å². The lowest BCUT2D eigenvalue weighted by Gasteiger charge is -2.00. The standard InChI is InChI=1S/C13H13ClN2O/c1-3-12-11(8-16(2)15-12)13(17)9-4-6-10(14)7-5-9/h4-8H,3H2,1-2H3. The Bertz CT molecular complexity index is 543. The summed E-state index contributed by atoms with van der Waals surface area (Å²) in [6, 6.07) is 6.90. The number of nitrogens with zero attached hydrogens (tertiary/aromatic N) is 2. The van der Waals surface area contributed by atoms with Gasteiger partial charge in [0, 0.05) is 23.8 Å². The van der Waals surface area contributed by atoms with Crippen LogP contribution in [0.4, 0.5) is 0 Å². The fourth-order valence-corrected chi connectivity index (χ4v) is 1.87. The zero-order valence-corrected chi connectivity index (χ0v) is 10.5. The Morgan fingerprint density at radius 1 is 1.35 bits per heavy atom. The highest BCUT2D eigenvalue weighted by Gasteiger charge is 2.15. The molecule has 0 aliphatic carbocycles. The Kier molecular flexibility index (Phi) is 3.29. The molecule has 88 valence electrons. The van der Waals surface area contributed by atoms with Gasteiger partial charge in [0.2, 0.25) is 0 Å². The van der Waals surface area contributed by atoms with E-state index in [9.17, 15) is 4.79 Å². The summed E-state index contributed by atoms with van der Waals surface area (Å²) < 4.78 is 1.67. The molecule has 0 fully saturated rings. The van der Waals surface area contributed by atoms with Gasteiger partial charge in [0.25, 0.3) is 0 Å². The number of aromatic nitrogens is 2. The molecule has 2 rings (SSSR count). The van der Waals surface area contributed by atoms with Gasteiger partial charge >= 0.3 is 0 Å². The molecule has 1 aromatic carbocycles. The smallest absolute Gasteiger partial charge is 0.196 e. The molecule has 0 radical (unpaired) electrons. The van der Waals surface area contributed by atoms with E-state index in [4.69, 9.17) is 11.6 Å². The highest BCUT2D eigenvalue weighted by molar-refractivity contribution is 6.30. The van der Waals surface area contributed by atoms with Gasteiger partial charge in [-0.1, -0.05) is 18.5 Å². The summed E-state index contributed by atoms with van der Waals surface area (Å²) in [6.07, 6.45) is 2.51. The average Bonchev–Trinajstić information content (AvgIpc) is 2.70. The molecule has 0 aliphatic rings. The molecule has 0 saturated carbocycles. The van der Waals surface area contributed by atoms with Crippen molar-refractivity contribution in [3.8, 4) is 0 Å². The predicted molar refractivity (Wildman–Crippen MR) is 67.5 cm³/mol. The highest BCUT2D eigenvalue weighted by Crippen LogP contribution is 2.16. The monoisotopic (exact) mass is 248 g/mol. The summed E-state index contributed by atoms with van der Waals surface area (Å²) >= 11 is 5.80. The first-order valence-corrected chi connectivity index (χ1v) is 5.82. The van der Waals surface area contributed by atoms with E-state index < -0.39 is 0 Å². The number of hydrogen-bond acceptors (Lipinski definition) is 2. The van der Waals surface area contributed by atoms with Crippen LogP contribution in [0.3, 0.4) is 0 Å². The predicted octanol–water partition coefficient (Wildman–Crippen LogP) is 2.87. The van der Waals surface area contributed by atoms with Crippen molar-refractivity contribution in [2.24, 2.45) is 7.05 Å². The third kappa shape index (κ3) is 2.39. The largest absolute Gasteiger partial charge is 0.288 e. The van der Waals surface area contributed by atoms with Gasteiger partial charge in [-0.3, -0.25) is 9.48 Å². The molecular formula is C13H13ClN2O. The maximum absolute atomic E-state index is 12.3. The van der Waals surface area contributed by atoms with E-state index in [1.807, 2.05) is 14.0 Å². The Hall–Kier alpha value is -1.61. The summed E-state index contributed by atoms with van der Waals surface area (Å²) in [5.41, 5.74) is 2.13. The Morgan fingerprint density at radius 3 is 2.59 bits per heavy atom. The molecule has 0 aliphatic heterocycles. The second-order valence-corrected chi connectivity index (χ2v) is 4.29. The van der Waals surface area contributed by atoms with Crippen molar-refractivity contribution in [3.63, 3.8) is 0 Å². The minimum Gasteiger partial charge on any atom is -0.288 e. The molecule has 1 heterocycles. The molecule has 17 heavy (non-hydrogen) atoms. The van der Waals surface area contributed by atoms with Crippen LogP contribution in [0.1, 0.15) is 28.5 Å². The van der Waals surface area contributed by atoms with E-state index in [-0.39, 0.29) is 5.78 Å². The zero-order valence-electron chi connectivity index (χ0n) is 9.77. The lowest BCUT2D eigenvalue weighted by molar-refractivity contribution is 0.103. The van der Waals surface area contributed by atoms with Crippen molar-refractivity contribution in [1.82, 2.24) is 9.78 Å². The lowest BCUT2D eigenvalue weighted by atomic mass is 10.0. The van der Waals surface area contributed by atoms with Gasteiger partial charge in [0.05, 0.1) is 11.3 Å². The minimum absolute atomic E-state index is 0.00776. The molecule has 4 heteroatoms. The van der Waals surface area contributed by atoms with E-state index in [2.05, 4.69) is 5.10 Å². The first kappa shape index (κ1) is 11.9. The van der Waals surface area contributed by atoms with E-state index in [0.29, 0.717) is 16.1 Å². The van der Waals surface area contributed by atoms with E-state index in [1.54, 1.807) is 35.1 Å². The SMILES string of the molecule is CCc1nn(C)cc1C(=O)c1ccc(Cl)cc1. The summed E-state index contributed by atoms with van der Waals surface area (Å²) in [5.74, 6) is -0.00776. The maximum atomic E-state index is 12.3. The van der Waals surface area contributed by atoms with Crippen LogP contribution in [0.15, 0.2) is 30.5 Å². The van der Waals surface area contributed by atoms with Gasteiger partial charge in [-0.15, -0.1) is 0 Å². The number of rotatable bonds is 3. The third-order valence-corrected chi connectivity index (χ3v) is 2.84. The maximum Gasteiger partial charge on any atom is 0.196 e. The van der Waals surface area contributed by atoms with E-state index in [1.165, 1.54) is 0 Å². The lowest BCUT2D eigenvalue weighted by Crippen LogP contribution is -2.02. The first-order valence-electron chi connectivity index (χ1n) is 5.44. The van der Waals surface area contributed by atoms with Crippen LogP contribution in [0.2, 0.25) is 5.02 Å². The van der Waals surface area contributed by atoms with Gasteiger partial charge < -0.3 is 0 Å². The van der Waals surface area contributed by atoms with Gasteiger partial charge in [0.15, 0.2) is 5.78 Å². The number of carbonyl (C=O) groups excluding carboxylic acids is 1. The molecule has 1 aromatic heterocycles. The number of aryl methyl sites for hydroxylation is 2. The molecule has 3 nitrogen and oxygen atoms in total. The molecule has 0 unspecified atom stereocenters. The van der Waals surface area contributed by atoms with Crippen LogP contribution in [0.5, 0.6) is 0 Å². The summed E-state index contributed by atoms with van der Waals surface area (Å²) in [4.78, 5) is 12.3. The number of carbonyl (C=O) groups is 1. The van der Waals surface area contributed by atoms with Crippen LogP contribution >= 0.6 is 11.6 Å². The van der Waals surface area contributed by atoms with Gasteiger partial charge in [0.1, 0.15) is 0 Å². The third-order valence-electron chi connectivity index (χ3n) is 2.59. The molecule has 0 N–H and O–H groups in total. The number of hydrogen-bond donors (Lipinski definition) is 0. The second-order valence-electron chi connectivity index (χ2n) is 3.85. The fraction of sp³-hybridized carbons (Fsp3) is 0.231. The van der Waals surface area contributed by atoms with Gasteiger partial charge in [-0.05, 0) is 30.7 Å². The zero-order chi connectivity index (χ0) is 12.4. The van der Waals surface area contributed by atoms with Crippen molar-refractivity contribution < 1.29 is 4.79 Å². The number of benzene rings is 1.